The van der Waals surface area contributed by atoms with Crippen LogP contribution in [-0.4, -0.2) is 60.9 Å². The molecule has 4 aromatic carbocycles. The van der Waals surface area contributed by atoms with E-state index in [1.807, 2.05) is 103 Å². The molecule has 11 nitrogen and oxygen atoms in total. The van der Waals surface area contributed by atoms with Gasteiger partial charge >= 0.3 is 12.0 Å². The van der Waals surface area contributed by atoms with E-state index in [2.05, 4.69) is 15.3 Å². The van der Waals surface area contributed by atoms with Crippen molar-refractivity contribution in [2.45, 2.75) is 18.2 Å². The molecule has 6 rings (SSSR count). The van der Waals surface area contributed by atoms with Crippen LogP contribution in [0.3, 0.4) is 0 Å². The number of hydrogen-bond donors (Lipinski definition) is 2. The molecule has 48 heavy (non-hydrogen) atoms. The van der Waals surface area contributed by atoms with Gasteiger partial charge in [0.1, 0.15) is 11.3 Å². The monoisotopic (exact) mass is 646 g/mol. The first kappa shape index (κ1) is 32.0. The van der Waals surface area contributed by atoms with E-state index in [4.69, 9.17) is 18.9 Å². The minimum absolute atomic E-state index is 0.121. The summed E-state index contributed by atoms with van der Waals surface area (Å²) in [7, 11) is 4.43. The lowest BCUT2D eigenvalue weighted by molar-refractivity contribution is -0.149. The fourth-order valence-corrected chi connectivity index (χ4v) is 5.96. The molecule has 0 spiro atoms. The van der Waals surface area contributed by atoms with Gasteiger partial charge in [-0.25, -0.2) is 4.79 Å². The Labute approximate surface area is 277 Å². The molecule has 0 bridgehead atoms. The van der Waals surface area contributed by atoms with Gasteiger partial charge in [0.05, 0.1) is 40.5 Å². The molecule has 11 heteroatoms. The third-order valence-electron chi connectivity index (χ3n) is 8.28. The molecule has 0 saturated carbocycles. The van der Waals surface area contributed by atoms with Crippen LogP contribution in [0.1, 0.15) is 16.7 Å². The first-order valence-electron chi connectivity index (χ1n) is 15.2. The van der Waals surface area contributed by atoms with Gasteiger partial charge in [-0.3, -0.25) is 10.1 Å². The Balaban J connectivity index is 1.57. The Morgan fingerprint density at radius 1 is 0.833 bits per heavy atom. The molecule has 0 aliphatic carbocycles. The smallest absolute Gasteiger partial charge is 0.347 e. The summed E-state index contributed by atoms with van der Waals surface area (Å²) in [5, 5.41) is 14.3. The minimum atomic E-state index is -1.68. The molecular formula is C37H34N4O7. The maximum atomic E-state index is 14.0. The first-order valence-corrected chi connectivity index (χ1v) is 15.2. The number of nitrogens with zero attached hydrogens (tertiary/aromatic N) is 3. The zero-order valence-electron chi connectivity index (χ0n) is 26.6. The van der Waals surface area contributed by atoms with Gasteiger partial charge in [0.25, 0.3) is 0 Å². The Kier molecular flexibility index (Phi) is 9.22. The maximum absolute atomic E-state index is 14.0. The van der Waals surface area contributed by atoms with Crippen LogP contribution in [0.15, 0.2) is 109 Å². The third kappa shape index (κ3) is 6.23. The van der Waals surface area contributed by atoms with Crippen molar-refractivity contribution in [1.29, 1.82) is 0 Å². The minimum Gasteiger partial charge on any atom is -0.497 e. The molecule has 1 aliphatic rings. The molecular weight excluding hydrogens is 612 g/mol. The molecule has 0 fully saturated rings. The van der Waals surface area contributed by atoms with Crippen molar-refractivity contribution in [1.82, 2.24) is 15.3 Å². The number of carbonyl (C=O) groups is 2. The van der Waals surface area contributed by atoms with Gasteiger partial charge < -0.3 is 29.0 Å². The number of fused-ring (bicyclic) bond motifs is 1. The number of carbonyl (C=O) groups excluding carboxylic acids is 1. The fraction of sp³-hybridized carbons (Fsp3) is 0.189. The highest BCUT2D eigenvalue weighted by atomic mass is 16.5. The predicted octanol–water partition coefficient (Wildman–Crippen LogP) is 5.08. The molecule has 1 aromatic heterocycles. The molecule has 0 radical (unpaired) electrons. The van der Waals surface area contributed by atoms with E-state index in [9.17, 15) is 14.7 Å². The van der Waals surface area contributed by atoms with Crippen molar-refractivity contribution in [3.63, 3.8) is 0 Å². The van der Waals surface area contributed by atoms with E-state index < -0.39 is 17.6 Å². The number of amides is 1. The van der Waals surface area contributed by atoms with Gasteiger partial charge in [-0.05, 0) is 46.5 Å². The SMILES string of the molecule is COc1ccc(CN2C(=O)CN[C@](c3cccc(-c4ccccc4)c3)([C@H](Oc3nc(OC)cc(OC)n3)C(=O)O)c3ccccc32)cc1. The number of benzene rings is 4. The van der Waals surface area contributed by atoms with Gasteiger partial charge in [-0.1, -0.05) is 78.9 Å². The second kappa shape index (κ2) is 13.8. The number of rotatable bonds is 11. The van der Waals surface area contributed by atoms with Crippen molar-refractivity contribution in [3.8, 4) is 34.6 Å². The summed E-state index contributed by atoms with van der Waals surface area (Å²) >= 11 is 0. The van der Waals surface area contributed by atoms with E-state index in [1.54, 1.807) is 12.0 Å². The number of carboxylic acids is 1. The first-order chi connectivity index (χ1) is 23.4. The molecule has 1 aliphatic heterocycles. The van der Waals surface area contributed by atoms with Crippen molar-refractivity contribution in [2.75, 3.05) is 32.8 Å². The number of carboxylic acid groups (broad SMARTS) is 1. The highest BCUT2D eigenvalue weighted by Crippen LogP contribution is 2.43. The van der Waals surface area contributed by atoms with E-state index in [1.165, 1.54) is 20.3 Å². The second-order valence-corrected chi connectivity index (χ2v) is 11.0. The number of hydrogen-bond acceptors (Lipinski definition) is 9. The van der Waals surface area contributed by atoms with Crippen LogP contribution in [0.4, 0.5) is 5.69 Å². The van der Waals surface area contributed by atoms with Crippen LogP contribution in [0.2, 0.25) is 0 Å². The molecule has 1 amide bonds. The lowest BCUT2D eigenvalue weighted by atomic mass is 9.76. The molecule has 2 N–H and O–H groups in total. The highest BCUT2D eigenvalue weighted by Gasteiger charge is 2.52. The largest absolute Gasteiger partial charge is 0.497 e. The third-order valence-corrected chi connectivity index (χ3v) is 8.28. The quantitative estimate of drug-likeness (QED) is 0.200. The molecule has 5 aromatic rings. The zero-order valence-corrected chi connectivity index (χ0v) is 26.6. The number of methoxy groups -OCH3 is 3. The number of anilines is 1. The van der Waals surface area contributed by atoms with Gasteiger partial charge in [0, 0.05) is 11.3 Å². The topological polar surface area (TPSA) is 132 Å². The summed E-state index contributed by atoms with van der Waals surface area (Å²) in [6, 6.07) is 33.1. The average molecular weight is 647 g/mol. The molecule has 0 unspecified atom stereocenters. The van der Waals surface area contributed by atoms with Crippen LogP contribution in [0.25, 0.3) is 11.1 Å². The lowest BCUT2D eigenvalue weighted by Crippen LogP contribution is -2.58. The number of nitrogens with one attached hydrogen (secondary N) is 1. The summed E-state index contributed by atoms with van der Waals surface area (Å²) in [5.41, 5.74) is 2.60. The van der Waals surface area contributed by atoms with Crippen LogP contribution < -0.4 is 29.2 Å². The molecule has 2 heterocycles. The molecule has 2 atom stereocenters. The number of aromatic nitrogens is 2. The summed E-state index contributed by atoms with van der Waals surface area (Å²) in [6.45, 7) is 0.0201. The number of ether oxygens (including phenoxy) is 4. The van der Waals surface area contributed by atoms with Crippen LogP contribution in [0, 0.1) is 0 Å². The van der Waals surface area contributed by atoms with Gasteiger partial charge in [-0.2, -0.15) is 9.97 Å². The summed E-state index contributed by atoms with van der Waals surface area (Å²) < 4.78 is 22.2. The molecule has 244 valence electrons. The van der Waals surface area contributed by atoms with E-state index in [0.717, 1.165) is 16.7 Å². The van der Waals surface area contributed by atoms with Gasteiger partial charge in [0.2, 0.25) is 23.8 Å². The second-order valence-electron chi connectivity index (χ2n) is 11.0. The standard InChI is InChI=1S/C37H34N4O7/c1-45-28-18-16-24(17-19-28)23-41-30-15-8-7-14-29(30)37(38-22-33(41)42,27-13-9-12-26(20-27)25-10-5-4-6-11-25)34(35(43)44)48-36-39-31(46-2)21-32(40-36)47-3/h4-21,34,38H,22-23H2,1-3H3,(H,43,44)/t34-,37+/m1/s1. The van der Waals surface area contributed by atoms with Crippen LogP contribution >= 0.6 is 0 Å². The Hall–Kier alpha value is -5.94. The fourth-order valence-electron chi connectivity index (χ4n) is 5.96. The van der Waals surface area contributed by atoms with E-state index in [-0.39, 0.29) is 36.8 Å². The van der Waals surface area contributed by atoms with Crippen molar-refractivity contribution < 1.29 is 33.6 Å². The summed E-state index contributed by atoms with van der Waals surface area (Å²) in [6.07, 6.45) is -1.68. The van der Waals surface area contributed by atoms with E-state index in [0.29, 0.717) is 22.6 Å². The highest BCUT2D eigenvalue weighted by molar-refractivity contribution is 5.97. The maximum Gasteiger partial charge on any atom is 0.347 e. The lowest BCUT2D eigenvalue weighted by Gasteiger charge is -2.39. The van der Waals surface area contributed by atoms with Crippen LogP contribution in [-0.2, 0) is 21.7 Å². The van der Waals surface area contributed by atoms with Crippen LogP contribution in [0.5, 0.6) is 23.5 Å². The number of para-hydroxylation sites is 1. The Morgan fingerprint density at radius 3 is 2.17 bits per heavy atom. The zero-order chi connectivity index (χ0) is 33.7. The van der Waals surface area contributed by atoms with Gasteiger partial charge in [-0.15, -0.1) is 0 Å². The van der Waals surface area contributed by atoms with Crippen molar-refractivity contribution in [2.24, 2.45) is 0 Å². The Morgan fingerprint density at radius 2 is 1.50 bits per heavy atom. The predicted molar refractivity (Wildman–Crippen MR) is 178 cm³/mol. The Bertz CT molecular complexity index is 1900. The van der Waals surface area contributed by atoms with Crippen molar-refractivity contribution >= 4 is 17.6 Å². The van der Waals surface area contributed by atoms with E-state index >= 15 is 0 Å². The van der Waals surface area contributed by atoms with Crippen molar-refractivity contribution in [3.05, 3.63) is 126 Å². The molecule has 0 saturated heterocycles. The normalized spacial score (nSPS) is 16.3. The average Bonchev–Trinajstić information content (AvgIpc) is 3.25. The summed E-state index contributed by atoms with van der Waals surface area (Å²) in [4.78, 5) is 37.7. The summed E-state index contributed by atoms with van der Waals surface area (Å²) in [5.74, 6) is -0.641. The number of aliphatic carboxylic acids is 1. The van der Waals surface area contributed by atoms with Gasteiger partial charge in [0.15, 0.2) is 0 Å².